The Bertz CT molecular complexity index is 1230. The summed E-state index contributed by atoms with van der Waals surface area (Å²) in [5.74, 6) is 1.44. The molecule has 3 aromatic carbocycles. The number of nitrogens with zero attached hydrogens (tertiary/aromatic N) is 3. The Morgan fingerprint density at radius 2 is 1.69 bits per heavy atom. The summed E-state index contributed by atoms with van der Waals surface area (Å²) in [6.07, 6.45) is 0. The molecule has 4 rings (SSSR count). The van der Waals surface area contributed by atoms with Crippen LogP contribution in [0, 0.1) is 11.3 Å². The molecule has 0 saturated heterocycles. The van der Waals surface area contributed by atoms with E-state index in [4.69, 9.17) is 15.0 Å². The second-order valence-corrected chi connectivity index (χ2v) is 7.28. The molecule has 1 aromatic heterocycles. The third-order valence-electron chi connectivity index (χ3n) is 4.33. The molecule has 0 N–H and O–H groups in total. The summed E-state index contributed by atoms with van der Waals surface area (Å²) in [6.45, 7) is 0.491. The van der Waals surface area contributed by atoms with E-state index in [0.717, 1.165) is 5.75 Å². The molecular weight excluding hydrogens is 382 g/mol. The fourth-order valence-electron chi connectivity index (χ4n) is 2.93. The van der Waals surface area contributed by atoms with Crippen molar-refractivity contribution in [2.45, 2.75) is 5.16 Å². The molecule has 6 heteroatoms. The molecule has 0 spiro atoms. The molecule has 29 heavy (non-hydrogen) atoms. The fraction of sp³-hybridized carbons (Fsp3) is 0.0870. The van der Waals surface area contributed by atoms with Crippen LogP contribution < -0.4 is 10.3 Å². The van der Waals surface area contributed by atoms with Gasteiger partial charge < -0.3 is 4.74 Å². The first kappa shape index (κ1) is 18.8. The van der Waals surface area contributed by atoms with Crippen molar-refractivity contribution in [2.24, 2.45) is 0 Å². The van der Waals surface area contributed by atoms with Crippen molar-refractivity contribution in [2.75, 3.05) is 12.4 Å². The molecule has 4 aromatic rings. The van der Waals surface area contributed by atoms with Gasteiger partial charge >= 0.3 is 0 Å². The maximum absolute atomic E-state index is 13.2. The van der Waals surface area contributed by atoms with Gasteiger partial charge in [0.1, 0.15) is 5.75 Å². The van der Waals surface area contributed by atoms with Crippen molar-refractivity contribution in [3.8, 4) is 17.5 Å². The maximum Gasteiger partial charge on any atom is 0.266 e. The Balaban J connectivity index is 1.65. The largest absolute Gasteiger partial charge is 0.493 e. The van der Waals surface area contributed by atoms with Crippen molar-refractivity contribution >= 4 is 22.7 Å². The first-order valence-electron chi connectivity index (χ1n) is 9.09. The lowest BCUT2D eigenvalue weighted by atomic mass is 10.2. The topological polar surface area (TPSA) is 67.9 Å². The number of fused-ring (bicyclic) bond motifs is 1. The predicted octanol–water partition coefficient (Wildman–Crippen LogP) is 4.43. The standard InChI is InChI=1S/C23H17N3O2S/c24-16-17-10-12-18(13-11-17)26-22(27)20-8-4-5-9-21(20)25-23(26)29-15-14-28-19-6-2-1-3-7-19/h1-13H,14-15H2. The van der Waals surface area contributed by atoms with E-state index in [1.54, 1.807) is 34.9 Å². The van der Waals surface area contributed by atoms with Crippen LogP contribution in [0.4, 0.5) is 0 Å². The SMILES string of the molecule is N#Cc1ccc(-n2c(SCCOc3ccccc3)nc3ccccc3c2=O)cc1. The molecule has 1 heterocycles. The molecule has 5 nitrogen and oxygen atoms in total. The van der Waals surface area contributed by atoms with Crippen LogP contribution in [0.3, 0.4) is 0 Å². The highest BCUT2D eigenvalue weighted by molar-refractivity contribution is 7.99. The Hall–Kier alpha value is -3.56. The summed E-state index contributed by atoms with van der Waals surface area (Å²) in [6, 6.07) is 25.9. The van der Waals surface area contributed by atoms with Gasteiger partial charge in [-0.25, -0.2) is 4.98 Å². The highest BCUT2D eigenvalue weighted by Gasteiger charge is 2.13. The van der Waals surface area contributed by atoms with E-state index in [-0.39, 0.29) is 5.56 Å². The number of ether oxygens (including phenoxy) is 1. The van der Waals surface area contributed by atoms with Gasteiger partial charge in [-0.05, 0) is 48.5 Å². The lowest BCUT2D eigenvalue weighted by molar-refractivity contribution is 0.344. The minimum atomic E-state index is -0.133. The molecule has 0 aliphatic carbocycles. The van der Waals surface area contributed by atoms with Gasteiger partial charge in [0.2, 0.25) is 0 Å². The number of hydrogen-bond acceptors (Lipinski definition) is 5. The molecular formula is C23H17N3O2S. The molecule has 0 saturated carbocycles. The number of thioether (sulfide) groups is 1. The molecule has 0 fully saturated rings. The zero-order valence-electron chi connectivity index (χ0n) is 15.5. The van der Waals surface area contributed by atoms with Gasteiger partial charge in [-0.2, -0.15) is 5.26 Å². The van der Waals surface area contributed by atoms with E-state index in [9.17, 15) is 4.79 Å². The predicted molar refractivity (Wildman–Crippen MR) is 115 cm³/mol. The Morgan fingerprint density at radius 3 is 2.45 bits per heavy atom. The summed E-state index contributed by atoms with van der Waals surface area (Å²) in [4.78, 5) is 17.9. The quantitative estimate of drug-likeness (QED) is 0.273. The molecule has 0 aliphatic rings. The summed E-state index contributed by atoms with van der Waals surface area (Å²) in [7, 11) is 0. The second-order valence-electron chi connectivity index (χ2n) is 6.22. The van der Waals surface area contributed by atoms with Crippen LogP contribution in [0.25, 0.3) is 16.6 Å². The van der Waals surface area contributed by atoms with Gasteiger partial charge in [-0.3, -0.25) is 9.36 Å². The number of nitriles is 1. The summed E-state index contributed by atoms with van der Waals surface area (Å²) in [5, 5.41) is 10.2. The molecule has 142 valence electrons. The van der Waals surface area contributed by atoms with Crippen LogP contribution in [0.5, 0.6) is 5.75 Å². The van der Waals surface area contributed by atoms with Crippen LogP contribution in [0.1, 0.15) is 5.56 Å². The molecule has 0 unspecified atom stereocenters. The van der Waals surface area contributed by atoms with Crippen molar-refractivity contribution in [3.63, 3.8) is 0 Å². The van der Waals surface area contributed by atoms with Crippen molar-refractivity contribution in [3.05, 3.63) is 94.8 Å². The van der Waals surface area contributed by atoms with E-state index in [1.165, 1.54) is 11.8 Å². The molecule has 0 atom stereocenters. The highest BCUT2D eigenvalue weighted by atomic mass is 32.2. The molecule has 0 aliphatic heterocycles. The van der Waals surface area contributed by atoms with Crippen LogP contribution in [-0.2, 0) is 0 Å². The molecule has 0 radical (unpaired) electrons. The van der Waals surface area contributed by atoms with Gasteiger partial charge in [0.05, 0.1) is 34.8 Å². The van der Waals surface area contributed by atoms with Crippen LogP contribution in [0.15, 0.2) is 88.8 Å². The van der Waals surface area contributed by atoms with E-state index in [2.05, 4.69) is 6.07 Å². The molecule has 0 bridgehead atoms. The molecule has 0 amide bonds. The van der Waals surface area contributed by atoms with Crippen molar-refractivity contribution in [1.82, 2.24) is 9.55 Å². The van der Waals surface area contributed by atoms with E-state index in [1.807, 2.05) is 48.5 Å². The summed E-state index contributed by atoms with van der Waals surface area (Å²) < 4.78 is 7.34. The van der Waals surface area contributed by atoms with Gasteiger partial charge in [0.15, 0.2) is 5.16 Å². The van der Waals surface area contributed by atoms with Crippen LogP contribution in [0.2, 0.25) is 0 Å². The third kappa shape index (κ3) is 4.15. The van der Waals surface area contributed by atoms with Crippen molar-refractivity contribution in [1.29, 1.82) is 5.26 Å². The highest BCUT2D eigenvalue weighted by Crippen LogP contribution is 2.22. The summed E-state index contributed by atoms with van der Waals surface area (Å²) in [5.41, 5.74) is 1.75. The van der Waals surface area contributed by atoms with E-state index in [0.29, 0.717) is 39.7 Å². The Labute approximate surface area is 172 Å². The minimum Gasteiger partial charge on any atom is -0.493 e. The number of benzene rings is 3. The van der Waals surface area contributed by atoms with E-state index >= 15 is 0 Å². The zero-order chi connectivity index (χ0) is 20.1. The average Bonchev–Trinajstić information content (AvgIpc) is 2.78. The normalized spacial score (nSPS) is 10.6. The minimum absolute atomic E-state index is 0.133. The van der Waals surface area contributed by atoms with Gasteiger partial charge in [-0.15, -0.1) is 0 Å². The van der Waals surface area contributed by atoms with Gasteiger partial charge in [0, 0.05) is 5.75 Å². The lowest BCUT2D eigenvalue weighted by Crippen LogP contribution is -2.22. The smallest absolute Gasteiger partial charge is 0.266 e. The second kappa shape index (κ2) is 8.63. The monoisotopic (exact) mass is 399 g/mol. The number of rotatable bonds is 6. The number of aromatic nitrogens is 2. The summed E-state index contributed by atoms with van der Waals surface area (Å²) >= 11 is 1.46. The van der Waals surface area contributed by atoms with Gasteiger partial charge in [0.25, 0.3) is 5.56 Å². The van der Waals surface area contributed by atoms with E-state index < -0.39 is 0 Å². The Morgan fingerprint density at radius 1 is 0.966 bits per heavy atom. The number of hydrogen-bond donors (Lipinski definition) is 0. The first-order chi connectivity index (χ1) is 14.3. The maximum atomic E-state index is 13.2. The van der Waals surface area contributed by atoms with Crippen LogP contribution >= 0.6 is 11.8 Å². The first-order valence-corrected chi connectivity index (χ1v) is 10.1. The van der Waals surface area contributed by atoms with Crippen molar-refractivity contribution < 1.29 is 4.74 Å². The Kier molecular flexibility index (Phi) is 5.59. The lowest BCUT2D eigenvalue weighted by Gasteiger charge is -2.13. The third-order valence-corrected chi connectivity index (χ3v) is 5.23. The van der Waals surface area contributed by atoms with Gasteiger partial charge in [-0.1, -0.05) is 42.1 Å². The fourth-order valence-corrected chi connectivity index (χ4v) is 3.76. The number of para-hydroxylation sites is 2. The van der Waals surface area contributed by atoms with Crippen LogP contribution in [-0.4, -0.2) is 21.9 Å². The average molecular weight is 399 g/mol. The zero-order valence-corrected chi connectivity index (χ0v) is 16.3.